The Bertz CT molecular complexity index is 776. The maximum Gasteiger partial charge on any atom is 2.00 e. The molecule has 0 aliphatic rings. The maximum atomic E-state index is 2.33. The van der Waals surface area contributed by atoms with E-state index < -0.39 is 0 Å². The van der Waals surface area contributed by atoms with Crippen LogP contribution >= 0.6 is 0 Å². The van der Waals surface area contributed by atoms with Crippen LogP contribution in [0.5, 0.6) is 0 Å². The molecule has 0 unspecified atom stereocenters. The summed E-state index contributed by atoms with van der Waals surface area (Å²) in [5.74, 6) is 0. The van der Waals surface area contributed by atoms with E-state index >= 15 is 0 Å². The van der Waals surface area contributed by atoms with Crippen LogP contribution in [-0.4, -0.2) is 31.8 Å². The summed E-state index contributed by atoms with van der Waals surface area (Å²) in [7, 11) is -0.273. The predicted molar refractivity (Wildman–Crippen MR) is 102 cm³/mol. The van der Waals surface area contributed by atoms with E-state index in [1.807, 2.05) is 0 Å². The van der Waals surface area contributed by atoms with E-state index in [2.05, 4.69) is 92.0 Å². The van der Waals surface area contributed by atoms with Gasteiger partial charge in [-0.05, 0) is 0 Å². The van der Waals surface area contributed by atoms with Crippen molar-refractivity contribution in [1.29, 1.82) is 0 Å². The Morgan fingerprint density at radius 3 is 2.05 bits per heavy atom. The molecule has 0 spiro atoms. The van der Waals surface area contributed by atoms with Crippen molar-refractivity contribution >= 4 is 58.6 Å². The van der Waals surface area contributed by atoms with Gasteiger partial charge in [0.15, 0.2) is 0 Å². The van der Waals surface area contributed by atoms with Crippen LogP contribution in [0, 0.1) is 0 Å². The molecule has 0 aliphatic carbocycles. The van der Waals surface area contributed by atoms with Gasteiger partial charge >= 0.3 is 23.1 Å². The van der Waals surface area contributed by atoms with Crippen LogP contribution in [0.25, 0.3) is 21.5 Å². The van der Waals surface area contributed by atoms with Gasteiger partial charge < -0.3 is 0 Å². The molecular weight excluding hydrogens is 293 g/mol. The minimum atomic E-state index is -0.273. The first kappa shape index (κ1) is 17.0. The topological polar surface area (TPSA) is 0 Å². The third-order valence-corrected chi connectivity index (χ3v) is 5.19. The van der Waals surface area contributed by atoms with Crippen LogP contribution < -0.4 is 5.19 Å². The Morgan fingerprint density at radius 1 is 0.773 bits per heavy atom. The fourth-order valence-corrected chi connectivity index (χ4v) is 3.40. The van der Waals surface area contributed by atoms with Crippen molar-refractivity contribution in [2.24, 2.45) is 0 Å². The Morgan fingerprint density at radius 2 is 1.41 bits per heavy atom. The summed E-state index contributed by atoms with van der Waals surface area (Å²) in [4.78, 5) is 0. The second-order valence-corrected chi connectivity index (χ2v) is 8.10. The van der Waals surface area contributed by atoms with Crippen LogP contribution in [0.15, 0.2) is 78.9 Å². The Balaban J connectivity index is 0.000000159. The summed E-state index contributed by atoms with van der Waals surface area (Å²) >= 11 is 0. The molecule has 4 rings (SSSR count). The van der Waals surface area contributed by atoms with Crippen molar-refractivity contribution < 1.29 is 0 Å². The molecule has 0 saturated heterocycles. The van der Waals surface area contributed by atoms with Gasteiger partial charge in [0.1, 0.15) is 0 Å². The zero-order valence-electron chi connectivity index (χ0n) is 13.2. The van der Waals surface area contributed by atoms with Crippen molar-refractivity contribution in [3.63, 3.8) is 0 Å². The van der Waals surface area contributed by atoms with Gasteiger partial charge in [-0.15, -0.1) is 59.3 Å². The summed E-state index contributed by atoms with van der Waals surface area (Å²) in [5.41, 5.74) is 0. The molecule has 2 heteroatoms. The predicted octanol–water partition coefficient (Wildman–Crippen LogP) is 4.70. The number of hydrogen-bond donors (Lipinski definition) is 0. The van der Waals surface area contributed by atoms with Crippen LogP contribution in [0.1, 0.15) is 0 Å². The second kappa shape index (κ2) is 7.77. The molecule has 0 amide bonds. The van der Waals surface area contributed by atoms with E-state index in [1.54, 1.807) is 5.19 Å². The Hall–Kier alpha value is -1.36. The van der Waals surface area contributed by atoms with E-state index in [0.717, 1.165) is 0 Å². The largest absolute Gasteiger partial charge is 2.00 e. The van der Waals surface area contributed by atoms with Gasteiger partial charge in [-0.2, -0.15) is 34.2 Å². The third kappa shape index (κ3) is 3.89. The summed E-state index contributed by atoms with van der Waals surface area (Å²) in [6.07, 6.45) is 0. The molecule has 4 aromatic rings. The van der Waals surface area contributed by atoms with Gasteiger partial charge in [0.05, 0.1) is 8.80 Å². The molecule has 4 aromatic carbocycles. The maximum absolute atomic E-state index is 2.33. The standard InChI is InChI=1S/C11H12Si.C9H7.Mg/c1-12(2)11-7-9-5-3-4-6-10(9)8-11;1-2-5-9-7-3-6-8(9)4-1;/h3-8H,1-2H3;1-7H;/q2*-1;+2. The SMILES string of the molecule is C[Si](C)c1cc2ccccc2[cH-]1.[Mg+2].c1ccc2[cH-]ccc2c1. The average Bonchev–Trinajstić information content (AvgIpc) is 3.14. The minimum absolute atomic E-state index is 0. The molecule has 0 aromatic heterocycles. The van der Waals surface area contributed by atoms with Gasteiger partial charge in [-0.3, -0.25) is 0 Å². The van der Waals surface area contributed by atoms with Crippen molar-refractivity contribution in [3.05, 3.63) is 78.9 Å². The molecule has 0 nitrogen and oxygen atoms in total. The zero-order chi connectivity index (χ0) is 14.7. The molecule has 0 bridgehead atoms. The monoisotopic (exact) mass is 311 g/mol. The third-order valence-electron chi connectivity index (χ3n) is 3.74. The minimum Gasteiger partial charge on any atom is -0.169 e. The van der Waals surface area contributed by atoms with E-state index in [9.17, 15) is 0 Å². The molecule has 0 aliphatic heterocycles. The number of hydrogen-bond acceptors (Lipinski definition) is 0. The Labute approximate surface area is 150 Å². The number of fused-ring (bicyclic) bond motifs is 2. The molecule has 0 saturated carbocycles. The van der Waals surface area contributed by atoms with E-state index in [4.69, 9.17) is 0 Å². The first-order valence-electron chi connectivity index (χ1n) is 7.30. The summed E-state index contributed by atoms with van der Waals surface area (Å²) in [6.45, 7) is 4.66. The van der Waals surface area contributed by atoms with E-state index in [1.165, 1.54) is 21.5 Å². The van der Waals surface area contributed by atoms with Crippen molar-refractivity contribution in [2.45, 2.75) is 13.1 Å². The van der Waals surface area contributed by atoms with Gasteiger partial charge in [0.2, 0.25) is 0 Å². The van der Waals surface area contributed by atoms with Crippen molar-refractivity contribution in [3.8, 4) is 0 Å². The van der Waals surface area contributed by atoms with Crippen LogP contribution in [0.3, 0.4) is 0 Å². The second-order valence-electron chi connectivity index (χ2n) is 5.53. The molecule has 1 radical (unpaired) electrons. The molecule has 105 valence electrons. The summed E-state index contributed by atoms with van der Waals surface area (Å²) in [5, 5.41) is 6.98. The molecule has 0 heterocycles. The van der Waals surface area contributed by atoms with Crippen LogP contribution in [-0.2, 0) is 0 Å². The van der Waals surface area contributed by atoms with Gasteiger partial charge in [0, 0.05) is 0 Å². The number of rotatable bonds is 1. The summed E-state index contributed by atoms with van der Waals surface area (Å²) in [6, 6.07) is 27.9. The van der Waals surface area contributed by atoms with Gasteiger partial charge in [-0.1, -0.05) is 25.2 Å². The first-order valence-corrected chi connectivity index (χ1v) is 9.80. The molecule has 0 atom stereocenters. The molecule has 0 fully saturated rings. The molecule has 22 heavy (non-hydrogen) atoms. The van der Waals surface area contributed by atoms with Crippen LogP contribution in [0.4, 0.5) is 0 Å². The van der Waals surface area contributed by atoms with Crippen molar-refractivity contribution in [2.75, 3.05) is 0 Å². The van der Waals surface area contributed by atoms with E-state index in [0.29, 0.717) is 0 Å². The average molecular weight is 312 g/mol. The van der Waals surface area contributed by atoms with Gasteiger partial charge in [-0.25, -0.2) is 0 Å². The molecular formula is C20H19MgSi. The zero-order valence-corrected chi connectivity index (χ0v) is 15.6. The molecule has 0 N–H and O–H groups in total. The fraction of sp³-hybridized carbons (Fsp3) is 0.100. The van der Waals surface area contributed by atoms with Crippen LogP contribution in [0.2, 0.25) is 13.1 Å². The Kier molecular flexibility index (Phi) is 6.01. The quantitative estimate of drug-likeness (QED) is 0.353. The summed E-state index contributed by atoms with van der Waals surface area (Å²) < 4.78 is 0. The normalized spacial score (nSPS) is 10.3. The van der Waals surface area contributed by atoms with Crippen molar-refractivity contribution in [1.82, 2.24) is 0 Å². The smallest absolute Gasteiger partial charge is 0.169 e. The fourth-order valence-electron chi connectivity index (χ4n) is 2.51. The number of benzene rings is 2. The first-order chi connectivity index (χ1) is 10.2. The van der Waals surface area contributed by atoms with Gasteiger partial charge in [0.25, 0.3) is 0 Å². The van der Waals surface area contributed by atoms with E-state index in [-0.39, 0.29) is 31.8 Å².